The summed E-state index contributed by atoms with van der Waals surface area (Å²) in [7, 11) is 1.36. The van der Waals surface area contributed by atoms with Crippen LogP contribution < -0.4 is 38.2 Å². The molecule has 0 radical (unpaired) electrons. The molecule has 1 fully saturated rings. The van der Waals surface area contributed by atoms with E-state index in [1.54, 1.807) is 18.2 Å². The summed E-state index contributed by atoms with van der Waals surface area (Å²) in [6, 6.07) is 5.42. The van der Waals surface area contributed by atoms with Gasteiger partial charge in [0.1, 0.15) is 41.5 Å². The third-order valence-electron chi connectivity index (χ3n) is 8.91. The number of aliphatic hydroxyl groups is 1. The number of phenolic OH excluding ortho intramolecular Hbond substituents is 2. The first-order chi connectivity index (χ1) is 26.4. The fraction of sp³-hybridized carbons (Fsp3) is 0.361. The third-order valence-corrected chi connectivity index (χ3v) is 8.91. The van der Waals surface area contributed by atoms with Crippen LogP contribution in [0.1, 0.15) is 37.6 Å². The van der Waals surface area contributed by atoms with E-state index in [-0.39, 0.29) is 36.5 Å². The van der Waals surface area contributed by atoms with Gasteiger partial charge in [-0.3, -0.25) is 28.7 Å². The highest BCUT2D eigenvalue weighted by Crippen LogP contribution is 2.29. The summed E-state index contributed by atoms with van der Waals surface area (Å²) < 4.78 is 6.60. The first-order valence-electron chi connectivity index (χ1n) is 17.3. The summed E-state index contributed by atoms with van der Waals surface area (Å²) in [5.41, 5.74) is 5.68. The lowest BCUT2D eigenvalue weighted by atomic mass is 10.0. The van der Waals surface area contributed by atoms with Crippen molar-refractivity contribution in [1.82, 2.24) is 35.7 Å². The molecule has 7 atom stereocenters. The minimum absolute atomic E-state index is 0.0228. The molecule has 2 aromatic carbocycles. The van der Waals surface area contributed by atoms with E-state index >= 15 is 0 Å². The van der Waals surface area contributed by atoms with Crippen molar-refractivity contribution in [3.05, 3.63) is 105 Å². The highest BCUT2D eigenvalue weighted by atomic mass is 16.5. The predicted octanol–water partition coefficient (Wildman–Crippen LogP) is -1.53. The van der Waals surface area contributed by atoms with Crippen molar-refractivity contribution >= 4 is 29.7 Å². The molecule has 1 aromatic heterocycles. The summed E-state index contributed by atoms with van der Waals surface area (Å²) in [6.45, 7) is 2.73. The van der Waals surface area contributed by atoms with Crippen LogP contribution in [0.3, 0.4) is 0 Å². The lowest BCUT2D eigenvalue weighted by Crippen LogP contribution is -2.61. The minimum Gasteiger partial charge on any atom is -0.508 e. The molecule has 1 aliphatic rings. The molecule has 300 valence electrons. The molecule has 3 aromatic rings. The van der Waals surface area contributed by atoms with E-state index in [2.05, 4.69) is 26.3 Å². The number of carbonyl (C=O) groups is 5. The Morgan fingerprint density at radius 3 is 2.18 bits per heavy atom. The summed E-state index contributed by atoms with van der Waals surface area (Å²) in [4.78, 5) is 92.2. The number of benzene rings is 2. The summed E-state index contributed by atoms with van der Waals surface area (Å²) in [6.07, 6.45) is -0.601. The third kappa shape index (κ3) is 11.2. The zero-order chi connectivity index (χ0) is 41.3. The van der Waals surface area contributed by atoms with Crippen molar-refractivity contribution in [1.29, 1.82) is 0 Å². The van der Waals surface area contributed by atoms with E-state index in [1.165, 1.54) is 51.2 Å². The Bertz CT molecular complexity index is 2080. The number of nitrogens with two attached hydrogens (primary N) is 1. The molecule has 0 spiro atoms. The molecule has 5 amide bonds. The number of carbonyl (C=O) groups excluding carboxylic acids is 4. The zero-order valence-electron chi connectivity index (χ0n) is 30.5. The quantitative estimate of drug-likeness (QED) is 0.0839. The van der Waals surface area contributed by atoms with E-state index in [4.69, 9.17) is 10.5 Å². The molecule has 1 saturated heterocycles. The van der Waals surface area contributed by atoms with Crippen molar-refractivity contribution in [2.24, 2.45) is 5.73 Å². The van der Waals surface area contributed by atoms with Gasteiger partial charge < -0.3 is 57.1 Å². The Hall–Kier alpha value is -6.67. The molecule has 11 N–H and O–H groups in total. The highest BCUT2D eigenvalue weighted by Gasteiger charge is 2.36. The second-order valence-corrected chi connectivity index (χ2v) is 13.2. The van der Waals surface area contributed by atoms with Gasteiger partial charge >= 0.3 is 17.7 Å². The molecule has 4 rings (SSSR count). The number of likely N-dealkylation sites (N-methyl/N-ethyl adjacent to an activating group) is 1. The first-order valence-corrected chi connectivity index (χ1v) is 17.3. The fourth-order valence-corrected chi connectivity index (χ4v) is 5.77. The van der Waals surface area contributed by atoms with Gasteiger partial charge in [0.15, 0.2) is 0 Å². The molecule has 56 heavy (non-hydrogen) atoms. The maximum Gasteiger partial charge on any atom is 0.331 e. The van der Waals surface area contributed by atoms with E-state index < -0.39 is 83.5 Å². The van der Waals surface area contributed by atoms with E-state index in [0.29, 0.717) is 11.1 Å². The topological polar surface area (TPSA) is 308 Å². The number of rotatable bonds is 15. The Labute approximate surface area is 319 Å². The number of urea groups is 1. The molecule has 1 aliphatic heterocycles. The lowest BCUT2D eigenvalue weighted by molar-refractivity contribution is -0.139. The number of aromatic hydroxyl groups is 2. The number of amides is 5. The highest BCUT2D eigenvalue weighted by molar-refractivity contribution is 5.93. The monoisotopic (exact) mass is 780 g/mol. The van der Waals surface area contributed by atoms with Crippen molar-refractivity contribution in [3.8, 4) is 11.5 Å². The van der Waals surface area contributed by atoms with Crippen molar-refractivity contribution < 1.29 is 49.1 Å². The second kappa shape index (κ2) is 18.6. The fourth-order valence-electron chi connectivity index (χ4n) is 5.77. The first kappa shape index (κ1) is 42.1. The maximum absolute atomic E-state index is 13.7. The summed E-state index contributed by atoms with van der Waals surface area (Å²) in [5.74, 6) is -3.90. The van der Waals surface area contributed by atoms with Gasteiger partial charge in [0.05, 0.1) is 12.1 Å². The zero-order valence-corrected chi connectivity index (χ0v) is 30.5. The number of carboxylic acids is 1. The Morgan fingerprint density at radius 1 is 0.964 bits per heavy atom. The molecular weight excluding hydrogens is 736 g/mol. The summed E-state index contributed by atoms with van der Waals surface area (Å²) >= 11 is 0. The van der Waals surface area contributed by atoms with E-state index in [1.807, 2.05) is 0 Å². The number of aliphatic carboxylic acids is 1. The number of ether oxygens (including phenoxy) is 1. The van der Waals surface area contributed by atoms with Crippen LogP contribution in [0.25, 0.3) is 0 Å². The van der Waals surface area contributed by atoms with Gasteiger partial charge in [-0.2, -0.15) is 0 Å². The number of aliphatic hydroxyl groups excluding tert-OH is 1. The minimum atomic E-state index is -1.52. The van der Waals surface area contributed by atoms with Crippen LogP contribution >= 0.6 is 0 Å². The van der Waals surface area contributed by atoms with E-state index in [0.717, 1.165) is 27.9 Å². The molecule has 0 saturated carbocycles. The number of carboxylic acid groups (broad SMARTS) is 1. The Morgan fingerprint density at radius 2 is 1.59 bits per heavy atom. The van der Waals surface area contributed by atoms with Crippen LogP contribution in [0.2, 0.25) is 0 Å². The van der Waals surface area contributed by atoms with Crippen LogP contribution in [0.4, 0.5) is 4.79 Å². The molecule has 0 bridgehead atoms. The number of hydrogen-bond acceptors (Lipinski definition) is 12. The van der Waals surface area contributed by atoms with Crippen LogP contribution in [0.5, 0.6) is 11.5 Å². The normalized spacial score (nSPS) is 18.3. The standard InChI is InChI=1S/C36H44N8O12/c1-18(39-35(54)40-26(34(52)53)15-21-7-5-9-23(46)13-21)30(49)42-29(19(2)43(3)32(51)25(37)14-20-6-4-8-22(45)12-20)31(50)38-17-24-16-27(47)33(56-24)44-11-10-28(48)41-36(44)55/h4-13,17-19,25-27,29,33,45-47H,14-16,37H2,1-3H3,(H,38,50)(H,42,49)(H,52,53)(H2,39,40,54)(H,41,48,55)/b24-17-/t18-,19+,25+,26+,27-,29+,33-/m1/s1. The molecule has 20 nitrogen and oxygen atoms in total. The molecular formula is C36H44N8O12. The SMILES string of the molecule is C[C@@H](NC(=O)N[C@@H](Cc1cccc(O)c1)C(=O)O)C(=O)N[C@H](C(=O)N/C=C1/C[C@@H](O)[C@H](n2ccc(=O)[nH]c2=O)O1)[C@H](C)N(C)C(=O)[C@@H](N)Cc1cccc(O)c1. The average Bonchev–Trinajstić information content (AvgIpc) is 3.50. The molecule has 0 aliphatic carbocycles. The largest absolute Gasteiger partial charge is 0.508 e. The lowest BCUT2D eigenvalue weighted by Gasteiger charge is -2.33. The Kier molecular flexibility index (Phi) is 14.0. The van der Waals surface area contributed by atoms with Gasteiger partial charge in [0, 0.05) is 38.4 Å². The van der Waals surface area contributed by atoms with Gasteiger partial charge in [-0.05, 0) is 55.7 Å². The van der Waals surface area contributed by atoms with Crippen molar-refractivity contribution in [3.63, 3.8) is 0 Å². The predicted molar refractivity (Wildman–Crippen MR) is 197 cm³/mol. The Balaban J connectivity index is 1.49. The van der Waals surface area contributed by atoms with E-state index in [9.17, 15) is 54.0 Å². The van der Waals surface area contributed by atoms with Gasteiger partial charge in [-0.1, -0.05) is 24.3 Å². The van der Waals surface area contributed by atoms with Crippen LogP contribution in [0.15, 0.2) is 82.3 Å². The smallest absolute Gasteiger partial charge is 0.331 e. The number of nitrogens with one attached hydrogen (secondary N) is 5. The van der Waals surface area contributed by atoms with Crippen LogP contribution in [0, 0.1) is 0 Å². The van der Waals surface area contributed by atoms with Crippen LogP contribution in [-0.2, 0) is 36.8 Å². The summed E-state index contributed by atoms with van der Waals surface area (Å²) in [5, 5.41) is 49.3. The van der Waals surface area contributed by atoms with Crippen LogP contribution in [-0.4, -0.2) is 108 Å². The van der Waals surface area contributed by atoms with Gasteiger partial charge in [0.25, 0.3) is 5.56 Å². The van der Waals surface area contributed by atoms with Gasteiger partial charge in [0.2, 0.25) is 23.9 Å². The molecule has 0 unspecified atom stereocenters. The average molecular weight is 781 g/mol. The second-order valence-electron chi connectivity index (χ2n) is 13.2. The van der Waals surface area contributed by atoms with Gasteiger partial charge in [-0.15, -0.1) is 0 Å². The maximum atomic E-state index is 13.7. The number of H-pyrrole nitrogens is 1. The number of nitrogens with zero attached hydrogens (tertiary/aromatic N) is 2. The van der Waals surface area contributed by atoms with Gasteiger partial charge in [-0.25, -0.2) is 14.4 Å². The number of phenols is 2. The molecule has 20 heteroatoms. The van der Waals surface area contributed by atoms with Crippen molar-refractivity contribution in [2.75, 3.05) is 7.05 Å². The number of aromatic nitrogens is 2. The van der Waals surface area contributed by atoms with Crippen molar-refractivity contribution in [2.45, 2.75) is 75.7 Å². The molecule has 2 heterocycles. The number of aromatic amines is 1. The number of hydrogen-bond donors (Lipinski definition) is 10.